The molecular weight excluding hydrogens is 258 g/mol. The summed E-state index contributed by atoms with van der Waals surface area (Å²) in [6, 6.07) is 17.2. The first kappa shape index (κ1) is 15.5. The van der Waals surface area contributed by atoms with Crippen molar-refractivity contribution in [3.8, 4) is 0 Å². The van der Waals surface area contributed by atoms with Gasteiger partial charge in [-0.15, -0.1) is 0 Å². The zero-order chi connectivity index (χ0) is 15.5. The monoisotopic (exact) mass is 281 g/mol. The van der Waals surface area contributed by atoms with Crippen molar-refractivity contribution < 1.29 is 4.79 Å². The maximum atomic E-state index is 12.4. The second-order valence-electron chi connectivity index (χ2n) is 6.49. The zero-order valence-electron chi connectivity index (χ0n) is 13.0. The minimum atomic E-state index is -0.493. The first-order chi connectivity index (χ1) is 9.88. The number of nitrogens with two attached hydrogens (primary N) is 1. The molecule has 2 nitrogen and oxygen atoms in total. The second kappa shape index (κ2) is 6.23. The molecule has 0 fully saturated rings. The lowest BCUT2D eigenvalue weighted by Gasteiger charge is -2.19. The molecule has 0 saturated heterocycles. The average Bonchev–Trinajstić information content (AvgIpc) is 2.46. The van der Waals surface area contributed by atoms with Gasteiger partial charge < -0.3 is 5.73 Å². The van der Waals surface area contributed by atoms with Crippen LogP contribution in [0.3, 0.4) is 0 Å². The van der Waals surface area contributed by atoms with E-state index in [4.69, 9.17) is 5.73 Å². The summed E-state index contributed by atoms with van der Waals surface area (Å²) in [5.41, 5.74) is 9.14. The molecule has 2 N–H and O–H groups in total. The molecule has 0 saturated carbocycles. The third kappa shape index (κ3) is 4.02. The highest BCUT2D eigenvalue weighted by Gasteiger charge is 2.18. The van der Waals surface area contributed by atoms with Gasteiger partial charge in [0.05, 0.1) is 6.04 Å². The van der Waals surface area contributed by atoms with Crippen LogP contribution in [-0.4, -0.2) is 11.8 Å². The Balaban J connectivity index is 2.09. The molecule has 0 amide bonds. The number of ketones is 1. The SMILES string of the molecule is CC(C)(C)c1ccc(C(=O)C(N)Cc2ccccc2)cc1. The molecule has 1 atom stereocenters. The van der Waals surface area contributed by atoms with E-state index in [1.54, 1.807) is 0 Å². The predicted octanol–water partition coefficient (Wildman–Crippen LogP) is 3.74. The van der Waals surface area contributed by atoms with E-state index < -0.39 is 6.04 Å². The quantitative estimate of drug-likeness (QED) is 0.868. The van der Waals surface area contributed by atoms with Gasteiger partial charge in [0.25, 0.3) is 0 Å². The maximum Gasteiger partial charge on any atom is 0.179 e. The lowest BCUT2D eigenvalue weighted by Crippen LogP contribution is -2.32. The Bertz CT molecular complexity index is 594. The van der Waals surface area contributed by atoms with E-state index >= 15 is 0 Å². The van der Waals surface area contributed by atoms with E-state index in [2.05, 4.69) is 20.8 Å². The summed E-state index contributed by atoms with van der Waals surface area (Å²) < 4.78 is 0. The van der Waals surface area contributed by atoms with Crippen molar-refractivity contribution in [1.29, 1.82) is 0 Å². The van der Waals surface area contributed by atoms with Gasteiger partial charge in [-0.1, -0.05) is 75.4 Å². The molecule has 2 aromatic carbocycles. The summed E-state index contributed by atoms with van der Waals surface area (Å²) in [6.45, 7) is 6.47. The van der Waals surface area contributed by atoms with Crippen LogP contribution < -0.4 is 5.73 Å². The third-order valence-corrected chi connectivity index (χ3v) is 3.67. The molecular formula is C19H23NO. The molecule has 0 aliphatic heterocycles. The summed E-state index contributed by atoms with van der Waals surface area (Å²) >= 11 is 0. The topological polar surface area (TPSA) is 43.1 Å². The van der Waals surface area contributed by atoms with Crippen LogP contribution in [0.2, 0.25) is 0 Å². The van der Waals surface area contributed by atoms with Crippen LogP contribution in [0.1, 0.15) is 42.3 Å². The van der Waals surface area contributed by atoms with Crippen LogP contribution in [0, 0.1) is 0 Å². The van der Waals surface area contributed by atoms with Gasteiger partial charge in [0.1, 0.15) is 0 Å². The summed E-state index contributed by atoms with van der Waals surface area (Å²) in [4.78, 5) is 12.4. The molecule has 0 heterocycles. The standard InChI is InChI=1S/C19H23NO/c1-19(2,3)16-11-9-15(10-12-16)18(21)17(20)13-14-7-5-4-6-8-14/h4-12,17H,13,20H2,1-3H3. The van der Waals surface area contributed by atoms with Gasteiger partial charge in [0, 0.05) is 5.56 Å². The van der Waals surface area contributed by atoms with E-state index in [-0.39, 0.29) is 11.2 Å². The molecule has 0 aromatic heterocycles. The molecule has 1 unspecified atom stereocenters. The van der Waals surface area contributed by atoms with Crippen molar-refractivity contribution in [3.05, 3.63) is 71.3 Å². The van der Waals surface area contributed by atoms with E-state index in [1.807, 2.05) is 54.6 Å². The van der Waals surface area contributed by atoms with Crippen molar-refractivity contribution in [3.63, 3.8) is 0 Å². The Morgan fingerprint density at radius 1 is 1.00 bits per heavy atom. The van der Waals surface area contributed by atoms with Crippen LogP contribution in [-0.2, 0) is 11.8 Å². The van der Waals surface area contributed by atoms with Crippen LogP contribution >= 0.6 is 0 Å². The predicted molar refractivity (Wildman–Crippen MR) is 87.6 cm³/mol. The minimum Gasteiger partial charge on any atom is -0.321 e. The van der Waals surface area contributed by atoms with Crippen LogP contribution in [0.25, 0.3) is 0 Å². The number of Topliss-reactive ketones (excluding diaryl/α,β-unsaturated/α-hetero) is 1. The molecule has 0 radical (unpaired) electrons. The minimum absolute atomic E-state index is 0.000637. The van der Waals surface area contributed by atoms with Crippen molar-refractivity contribution in [2.75, 3.05) is 0 Å². The van der Waals surface area contributed by atoms with Crippen molar-refractivity contribution in [1.82, 2.24) is 0 Å². The van der Waals surface area contributed by atoms with Gasteiger partial charge in [-0.2, -0.15) is 0 Å². The number of hydrogen-bond donors (Lipinski definition) is 1. The zero-order valence-corrected chi connectivity index (χ0v) is 13.0. The molecule has 0 bridgehead atoms. The molecule has 110 valence electrons. The molecule has 2 rings (SSSR count). The lowest BCUT2D eigenvalue weighted by atomic mass is 9.86. The van der Waals surface area contributed by atoms with E-state index in [9.17, 15) is 4.79 Å². The average molecular weight is 281 g/mol. The van der Waals surface area contributed by atoms with E-state index in [0.29, 0.717) is 12.0 Å². The van der Waals surface area contributed by atoms with Crippen molar-refractivity contribution in [2.45, 2.75) is 38.6 Å². The van der Waals surface area contributed by atoms with Gasteiger partial charge in [0.15, 0.2) is 5.78 Å². The van der Waals surface area contributed by atoms with Crippen molar-refractivity contribution >= 4 is 5.78 Å². The van der Waals surface area contributed by atoms with Crippen LogP contribution in [0.5, 0.6) is 0 Å². The van der Waals surface area contributed by atoms with Gasteiger partial charge in [-0.3, -0.25) is 4.79 Å². The first-order valence-electron chi connectivity index (χ1n) is 7.32. The molecule has 0 aliphatic carbocycles. The number of carbonyl (C=O) groups is 1. The molecule has 0 aliphatic rings. The summed E-state index contributed by atoms with van der Waals surface area (Å²) in [7, 11) is 0. The molecule has 21 heavy (non-hydrogen) atoms. The fourth-order valence-corrected chi connectivity index (χ4v) is 2.31. The lowest BCUT2D eigenvalue weighted by molar-refractivity contribution is 0.0961. The smallest absolute Gasteiger partial charge is 0.179 e. The maximum absolute atomic E-state index is 12.4. The molecule has 2 heteroatoms. The van der Waals surface area contributed by atoms with Gasteiger partial charge in [0.2, 0.25) is 0 Å². The number of carbonyl (C=O) groups excluding carboxylic acids is 1. The second-order valence-corrected chi connectivity index (χ2v) is 6.49. The third-order valence-electron chi connectivity index (χ3n) is 3.67. The summed E-state index contributed by atoms with van der Waals surface area (Å²) in [5.74, 6) is -0.000637. The Morgan fingerprint density at radius 3 is 2.10 bits per heavy atom. The molecule has 2 aromatic rings. The normalized spacial score (nSPS) is 13.0. The Kier molecular flexibility index (Phi) is 4.59. The molecule has 0 spiro atoms. The number of benzene rings is 2. The largest absolute Gasteiger partial charge is 0.321 e. The van der Waals surface area contributed by atoms with Gasteiger partial charge >= 0.3 is 0 Å². The fourth-order valence-electron chi connectivity index (χ4n) is 2.31. The Morgan fingerprint density at radius 2 is 1.57 bits per heavy atom. The van der Waals surface area contributed by atoms with Gasteiger partial charge in [-0.05, 0) is 23.0 Å². The van der Waals surface area contributed by atoms with Crippen LogP contribution in [0.4, 0.5) is 0 Å². The summed E-state index contributed by atoms with van der Waals surface area (Å²) in [5, 5.41) is 0. The first-order valence-corrected chi connectivity index (χ1v) is 7.32. The fraction of sp³-hybridized carbons (Fsp3) is 0.316. The van der Waals surface area contributed by atoms with E-state index in [1.165, 1.54) is 5.56 Å². The Labute approximate surface area is 127 Å². The van der Waals surface area contributed by atoms with Crippen molar-refractivity contribution in [2.24, 2.45) is 5.73 Å². The van der Waals surface area contributed by atoms with Crippen LogP contribution in [0.15, 0.2) is 54.6 Å². The number of rotatable bonds is 4. The highest BCUT2D eigenvalue weighted by atomic mass is 16.1. The van der Waals surface area contributed by atoms with Gasteiger partial charge in [-0.25, -0.2) is 0 Å². The van der Waals surface area contributed by atoms with E-state index in [0.717, 1.165) is 5.56 Å². The summed E-state index contributed by atoms with van der Waals surface area (Å²) in [6.07, 6.45) is 0.570. The highest BCUT2D eigenvalue weighted by Crippen LogP contribution is 2.22. The highest BCUT2D eigenvalue weighted by molar-refractivity contribution is 6.00. The Hall–Kier alpha value is -1.93. The number of hydrogen-bond acceptors (Lipinski definition) is 2.